The molecular weight excluding hydrogens is 418 g/mol. The summed E-state index contributed by atoms with van der Waals surface area (Å²) in [6.07, 6.45) is 7.77. The van der Waals surface area contributed by atoms with Crippen molar-refractivity contribution in [2.75, 3.05) is 32.0 Å². The molecule has 0 radical (unpaired) electrons. The van der Waals surface area contributed by atoms with Crippen molar-refractivity contribution in [1.82, 2.24) is 20.2 Å². The molecule has 0 atom stereocenters. The summed E-state index contributed by atoms with van der Waals surface area (Å²) >= 11 is 1.68. The van der Waals surface area contributed by atoms with Gasteiger partial charge in [0.25, 0.3) is 5.91 Å². The molecule has 5 rings (SSSR count). The van der Waals surface area contributed by atoms with E-state index in [1.54, 1.807) is 11.3 Å². The Hall–Kier alpha value is -2.51. The number of amides is 1. The Bertz CT molecular complexity index is 1110. The number of anilines is 1. The summed E-state index contributed by atoms with van der Waals surface area (Å²) in [6.45, 7) is 5.34. The zero-order valence-electron chi connectivity index (χ0n) is 18.9. The van der Waals surface area contributed by atoms with Crippen LogP contribution in [0.25, 0.3) is 20.7 Å². The third-order valence-electron chi connectivity index (χ3n) is 6.60. The number of likely N-dealkylation sites (tertiary alicyclic amines) is 1. The van der Waals surface area contributed by atoms with E-state index >= 15 is 0 Å². The summed E-state index contributed by atoms with van der Waals surface area (Å²) in [7, 11) is 2.20. The van der Waals surface area contributed by atoms with Crippen molar-refractivity contribution in [3.63, 3.8) is 0 Å². The van der Waals surface area contributed by atoms with Gasteiger partial charge in [-0.25, -0.2) is 9.97 Å². The maximum atomic E-state index is 12.7. The fraction of sp³-hybridized carbons (Fsp3) is 0.480. The van der Waals surface area contributed by atoms with E-state index in [0.29, 0.717) is 12.0 Å². The highest BCUT2D eigenvalue weighted by atomic mass is 32.1. The van der Waals surface area contributed by atoms with E-state index in [4.69, 9.17) is 4.98 Å². The molecule has 3 aromatic rings. The van der Waals surface area contributed by atoms with E-state index in [1.165, 1.54) is 25.9 Å². The fourth-order valence-electron chi connectivity index (χ4n) is 4.38. The zero-order valence-corrected chi connectivity index (χ0v) is 19.7. The van der Waals surface area contributed by atoms with Crippen molar-refractivity contribution in [3.8, 4) is 10.6 Å². The standard InChI is InChI=1S/C25H31N5OS/c1-16-15-27-25(26-11-8-17-9-12-30(2)13-10-17)29-23(16)22-14-20-19(4-3-5-21(20)32-22)24(31)28-18-6-7-18/h3-5,14-15,17-18H,6-13H2,1-2H3,(H,28,31)(H,26,27,29). The molecule has 0 bridgehead atoms. The molecule has 1 aliphatic carbocycles. The lowest BCUT2D eigenvalue weighted by Gasteiger charge is -2.28. The Labute approximate surface area is 193 Å². The van der Waals surface area contributed by atoms with E-state index in [9.17, 15) is 4.79 Å². The summed E-state index contributed by atoms with van der Waals surface area (Å²) in [4.78, 5) is 25.5. The number of hydrogen-bond donors (Lipinski definition) is 2. The number of carbonyl (C=O) groups excluding carboxylic acids is 1. The topological polar surface area (TPSA) is 70.2 Å². The quantitative estimate of drug-likeness (QED) is 0.547. The van der Waals surface area contributed by atoms with Crippen molar-refractivity contribution in [2.24, 2.45) is 5.92 Å². The highest BCUT2D eigenvalue weighted by molar-refractivity contribution is 7.22. The number of nitrogens with one attached hydrogen (secondary N) is 2. The Balaban J connectivity index is 1.32. The molecule has 1 saturated carbocycles. The van der Waals surface area contributed by atoms with E-state index in [1.807, 2.05) is 25.3 Å². The van der Waals surface area contributed by atoms with Crippen LogP contribution in [0, 0.1) is 12.8 Å². The second-order valence-electron chi connectivity index (χ2n) is 9.26. The Morgan fingerprint density at radius 2 is 2.03 bits per heavy atom. The molecule has 1 aliphatic heterocycles. The second-order valence-corrected chi connectivity index (χ2v) is 10.3. The van der Waals surface area contributed by atoms with Crippen LogP contribution in [0.1, 0.15) is 48.0 Å². The predicted octanol–water partition coefficient (Wildman–Crippen LogP) is 4.70. The molecule has 0 spiro atoms. The molecule has 3 heterocycles. The minimum Gasteiger partial charge on any atom is -0.354 e. The molecule has 2 aromatic heterocycles. The number of thiophene rings is 1. The Morgan fingerprint density at radius 3 is 2.81 bits per heavy atom. The van der Waals surface area contributed by atoms with Gasteiger partial charge in [0.15, 0.2) is 0 Å². The first kappa shape index (κ1) is 21.3. The van der Waals surface area contributed by atoms with E-state index < -0.39 is 0 Å². The first-order valence-electron chi connectivity index (χ1n) is 11.7. The largest absolute Gasteiger partial charge is 0.354 e. The van der Waals surface area contributed by atoms with Crippen LogP contribution in [-0.4, -0.2) is 53.5 Å². The van der Waals surface area contributed by atoms with Crippen LogP contribution in [0.3, 0.4) is 0 Å². The molecule has 0 unspecified atom stereocenters. The van der Waals surface area contributed by atoms with Crippen LogP contribution in [0.5, 0.6) is 0 Å². The molecule has 2 fully saturated rings. The molecule has 1 amide bonds. The van der Waals surface area contributed by atoms with Crippen molar-refractivity contribution in [1.29, 1.82) is 0 Å². The van der Waals surface area contributed by atoms with Crippen LogP contribution in [-0.2, 0) is 0 Å². The van der Waals surface area contributed by atoms with Gasteiger partial charge in [-0.1, -0.05) is 6.07 Å². The maximum absolute atomic E-state index is 12.7. The van der Waals surface area contributed by atoms with Gasteiger partial charge in [0, 0.05) is 34.4 Å². The van der Waals surface area contributed by atoms with Crippen LogP contribution in [0.2, 0.25) is 0 Å². The van der Waals surface area contributed by atoms with Gasteiger partial charge < -0.3 is 15.5 Å². The molecular formula is C25H31N5OS. The van der Waals surface area contributed by atoms with Gasteiger partial charge in [-0.2, -0.15) is 0 Å². The van der Waals surface area contributed by atoms with Crippen molar-refractivity contribution >= 4 is 33.3 Å². The predicted molar refractivity (Wildman–Crippen MR) is 131 cm³/mol. The lowest BCUT2D eigenvalue weighted by molar-refractivity contribution is 0.0953. The van der Waals surface area contributed by atoms with Gasteiger partial charge in [-0.05, 0) is 88.8 Å². The minimum absolute atomic E-state index is 0.0260. The number of piperidine rings is 1. The van der Waals surface area contributed by atoms with Crippen molar-refractivity contribution in [3.05, 3.63) is 41.6 Å². The Morgan fingerprint density at radius 1 is 1.22 bits per heavy atom. The van der Waals surface area contributed by atoms with Gasteiger partial charge in [0.05, 0.1) is 10.6 Å². The molecule has 7 heteroatoms. The third-order valence-corrected chi connectivity index (χ3v) is 7.70. The van der Waals surface area contributed by atoms with Crippen LogP contribution in [0.15, 0.2) is 30.5 Å². The second kappa shape index (κ2) is 9.16. The number of aromatic nitrogens is 2. The average Bonchev–Trinajstić information content (AvgIpc) is 3.50. The molecule has 1 aromatic carbocycles. The molecule has 2 N–H and O–H groups in total. The summed E-state index contributed by atoms with van der Waals surface area (Å²) in [5.74, 6) is 1.49. The molecule has 2 aliphatic rings. The molecule has 168 valence electrons. The number of rotatable bonds is 7. The summed E-state index contributed by atoms with van der Waals surface area (Å²) < 4.78 is 1.11. The first-order valence-corrected chi connectivity index (χ1v) is 12.5. The highest BCUT2D eigenvalue weighted by Gasteiger charge is 2.25. The van der Waals surface area contributed by atoms with Gasteiger partial charge in [-0.3, -0.25) is 4.79 Å². The van der Waals surface area contributed by atoms with Crippen LogP contribution in [0.4, 0.5) is 5.95 Å². The molecule has 32 heavy (non-hydrogen) atoms. The molecule has 1 saturated heterocycles. The normalized spacial score (nSPS) is 17.6. The van der Waals surface area contributed by atoms with E-state index in [-0.39, 0.29) is 5.91 Å². The maximum Gasteiger partial charge on any atom is 0.252 e. The van der Waals surface area contributed by atoms with Crippen LogP contribution >= 0.6 is 11.3 Å². The zero-order chi connectivity index (χ0) is 22.1. The fourth-order valence-corrected chi connectivity index (χ4v) is 5.52. The molecule has 6 nitrogen and oxygen atoms in total. The lowest BCUT2D eigenvalue weighted by atomic mass is 9.94. The van der Waals surface area contributed by atoms with Crippen molar-refractivity contribution in [2.45, 2.75) is 45.1 Å². The minimum atomic E-state index is 0.0260. The van der Waals surface area contributed by atoms with E-state index in [2.05, 4.69) is 39.7 Å². The smallest absolute Gasteiger partial charge is 0.252 e. The highest BCUT2D eigenvalue weighted by Crippen LogP contribution is 2.36. The van der Waals surface area contributed by atoms with Gasteiger partial charge in [-0.15, -0.1) is 11.3 Å². The average molecular weight is 450 g/mol. The third kappa shape index (κ3) is 4.79. The monoisotopic (exact) mass is 449 g/mol. The number of aryl methyl sites for hydroxylation is 1. The SMILES string of the molecule is Cc1cnc(NCCC2CCN(C)CC2)nc1-c1cc2c(C(=O)NC3CC3)cccc2s1. The van der Waals surface area contributed by atoms with Gasteiger partial charge in [0.2, 0.25) is 5.95 Å². The van der Waals surface area contributed by atoms with Gasteiger partial charge in [0.1, 0.15) is 0 Å². The summed E-state index contributed by atoms with van der Waals surface area (Å²) in [6, 6.07) is 8.42. The first-order chi connectivity index (χ1) is 15.6. The number of fused-ring (bicyclic) bond motifs is 1. The summed E-state index contributed by atoms with van der Waals surface area (Å²) in [5.41, 5.74) is 2.73. The number of carbonyl (C=O) groups is 1. The van der Waals surface area contributed by atoms with Gasteiger partial charge >= 0.3 is 0 Å². The summed E-state index contributed by atoms with van der Waals surface area (Å²) in [5, 5.41) is 7.55. The van der Waals surface area contributed by atoms with Crippen molar-refractivity contribution < 1.29 is 4.79 Å². The lowest BCUT2D eigenvalue weighted by Crippen LogP contribution is -2.30. The number of benzene rings is 1. The van der Waals surface area contributed by atoms with Crippen LogP contribution < -0.4 is 10.6 Å². The number of nitrogens with zero attached hydrogens (tertiary/aromatic N) is 3. The Kier molecular flexibility index (Phi) is 6.11. The van der Waals surface area contributed by atoms with E-state index in [0.717, 1.165) is 63.5 Å². The number of hydrogen-bond acceptors (Lipinski definition) is 6.